The summed E-state index contributed by atoms with van der Waals surface area (Å²) in [7, 11) is 0. The van der Waals surface area contributed by atoms with E-state index in [1.807, 2.05) is 24.3 Å². The molecular formula is C21H33NO2. The summed E-state index contributed by atoms with van der Waals surface area (Å²) in [6.07, 6.45) is 8.57. The molecule has 1 amide bonds. The van der Waals surface area contributed by atoms with Crippen LogP contribution in [0, 0.1) is 11.3 Å². The van der Waals surface area contributed by atoms with Crippen LogP contribution in [0.15, 0.2) is 24.3 Å². The minimum Gasteiger partial charge on any atom is -0.494 e. The maximum absolute atomic E-state index is 12.3. The number of unbranched alkanes of at least 4 members (excludes halogenated alkanes) is 3. The second kappa shape index (κ2) is 9.10. The normalized spacial score (nSPS) is 19.2. The van der Waals surface area contributed by atoms with Crippen LogP contribution in [0.4, 0.5) is 0 Å². The third kappa shape index (κ3) is 5.54. The van der Waals surface area contributed by atoms with Gasteiger partial charge in [0.15, 0.2) is 0 Å². The first kappa shape index (κ1) is 18.8. The third-order valence-corrected chi connectivity index (χ3v) is 5.37. The average molecular weight is 332 g/mol. The van der Waals surface area contributed by atoms with Gasteiger partial charge < -0.3 is 10.1 Å². The molecule has 0 saturated heterocycles. The second-order valence-electron chi connectivity index (χ2n) is 7.72. The Kier molecular flexibility index (Phi) is 7.14. The molecule has 0 heterocycles. The van der Waals surface area contributed by atoms with Gasteiger partial charge >= 0.3 is 0 Å². The van der Waals surface area contributed by atoms with Gasteiger partial charge in [0.2, 0.25) is 0 Å². The van der Waals surface area contributed by atoms with Crippen molar-refractivity contribution >= 4 is 5.91 Å². The van der Waals surface area contributed by atoms with Crippen LogP contribution in [0.3, 0.4) is 0 Å². The number of ether oxygens (including phenoxy) is 1. The molecule has 1 fully saturated rings. The van der Waals surface area contributed by atoms with Gasteiger partial charge in [-0.3, -0.25) is 4.79 Å². The van der Waals surface area contributed by atoms with Crippen LogP contribution in [-0.2, 0) is 0 Å². The van der Waals surface area contributed by atoms with E-state index >= 15 is 0 Å². The number of carbonyl (C=O) groups is 1. The highest BCUT2D eigenvalue weighted by Gasteiger charge is 2.34. The highest BCUT2D eigenvalue weighted by Crippen LogP contribution is 2.42. The van der Waals surface area contributed by atoms with Crippen molar-refractivity contribution < 1.29 is 9.53 Å². The van der Waals surface area contributed by atoms with E-state index in [1.54, 1.807) is 0 Å². The molecule has 2 rings (SSSR count). The Morgan fingerprint density at radius 1 is 1.21 bits per heavy atom. The standard InChI is InChI=1S/C21H33NO2/c1-4-5-6-7-15-24-19-12-10-17(11-13-19)20(23)22-16-18-9-8-14-21(18,2)3/h10-13,18H,4-9,14-16H2,1-3H3,(H,22,23)/t18-/m0/s1. The summed E-state index contributed by atoms with van der Waals surface area (Å²) in [5.41, 5.74) is 1.06. The minimum absolute atomic E-state index is 0.0206. The van der Waals surface area contributed by atoms with Gasteiger partial charge in [0.1, 0.15) is 5.75 Å². The lowest BCUT2D eigenvalue weighted by Crippen LogP contribution is -2.33. The van der Waals surface area contributed by atoms with Crippen LogP contribution in [0.25, 0.3) is 0 Å². The van der Waals surface area contributed by atoms with Gasteiger partial charge in [-0.05, 0) is 54.9 Å². The van der Waals surface area contributed by atoms with Crippen LogP contribution >= 0.6 is 0 Å². The summed E-state index contributed by atoms with van der Waals surface area (Å²) in [6, 6.07) is 7.51. The molecule has 1 atom stereocenters. The van der Waals surface area contributed by atoms with Gasteiger partial charge in [0, 0.05) is 12.1 Å². The van der Waals surface area contributed by atoms with Gasteiger partial charge in [0.25, 0.3) is 5.91 Å². The SMILES string of the molecule is CCCCCCOc1ccc(C(=O)NC[C@@H]2CCCC2(C)C)cc1. The summed E-state index contributed by atoms with van der Waals surface area (Å²) in [5, 5.41) is 3.10. The molecule has 0 bridgehead atoms. The number of rotatable bonds is 9. The van der Waals surface area contributed by atoms with E-state index in [2.05, 4.69) is 26.1 Å². The van der Waals surface area contributed by atoms with E-state index in [-0.39, 0.29) is 5.91 Å². The quantitative estimate of drug-likeness (QED) is 0.631. The Balaban J connectivity index is 1.74. The Labute approximate surface area is 147 Å². The van der Waals surface area contributed by atoms with Crippen molar-refractivity contribution in [1.82, 2.24) is 5.32 Å². The van der Waals surface area contributed by atoms with E-state index in [1.165, 1.54) is 38.5 Å². The fourth-order valence-corrected chi connectivity index (χ4v) is 3.52. The van der Waals surface area contributed by atoms with Crippen LogP contribution in [0.2, 0.25) is 0 Å². The molecule has 134 valence electrons. The van der Waals surface area contributed by atoms with Crippen LogP contribution < -0.4 is 10.1 Å². The zero-order valence-electron chi connectivity index (χ0n) is 15.6. The van der Waals surface area contributed by atoms with E-state index in [0.717, 1.165) is 25.3 Å². The fourth-order valence-electron chi connectivity index (χ4n) is 3.52. The maximum atomic E-state index is 12.3. The van der Waals surface area contributed by atoms with Crippen molar-refractivity contribution in [1.29, 1.82) is 0 Å². The lowest BCUT2D eigenvalue weighted by Gasteiger charge is -2.27. The largest absolute Gasteiger partial charge is 0.494 e. The molecule has 0 aromatic heterocycles. The number of amides is 1. The van der Waals surface area contributed by atoms with Crippen molar-refractivity contribution in [2.45, 2.75) is 65.7 Å². The second-order valence-corrected chi connectivity index (χ2v) is 7.72. The molecular weight excluding hydrogens is 298 g/mol. The molecule has 0 radical (unpaired) electrons. The minimum atomic E-state index is 0.0206. The number of nitrogens with one attached hydrogen (secondary N) is 1. The summed E-state index contributed by atoms with van der Waals surface area (Å²) in [4.78, 5) is 12.3. The summed E-state index contributed by atoms with van der Waals surface area (Å²) in [6.45, 7) is 8.36. The third-order valence-electron chi connectivity index (χ3n) is 5.37. The number of hydrogen-bond acceptors (Lipinski definition) is 2. The molecule has 1 aromatic rings. The number of hydrogen-bond donors (Lipinski definition) is 1. The van der Waals surface area contributed by atoms with Crippen LogP contribution in [-0.4, -0.2) is 19.1 Å². The van der Waals surface area contributed by atoms with Gasteiger partial charge in [-0.2, -0.15) is 0 Å². The zero-order valence-corrected chi connectivity index (χ0v) is 15.6. The Bertz CT molecular complexity index is 507. The molecule has 3 nitrogen and oxygen atoms in total. The molecule has 0 unspecified atom stereocenters. The number of benzene rings is 1. The van der Waals surface area contributed by atoms with Gasteiger partial charge in [-0.15, -0.1) is 0 Å². The summed E-state index contributed by atoms with van der Waals surface area (Å²) >= 11 is 0. The van der Waals surface area contributed by atoms with Crippen molar-refractivity contribution in [3.05, 3.63) is 29.8 Å². The highest BCUT2D eigenvalue weighted by molar-refractivity contribution is 5.94. The Morgan fingerprint density at radius 2 is 1.96 bits per heavy atom. The van der Waals surface area contributed by atoms with Crippen molar-refractivity contribution in [2.75, 3.05) is 13.2 Å². The van der Waals surface area contributed by atoms with Crippen LogP contribution in [0.1, 0.15) is 76.1 Å². The van der Waals surface area contributed by atoms with Crippen molar-refractivity contribution in [3.63, 3.8) is 0 Å². The monoisotopic (exact) mass is 331 g/mol. The van der Waals surface area contributed by atoms with E-state index < -0.39 is 0 Å². The summed E-state index contributed by atoms with van der Waals surface area (Å²) < 4.78 is 5.72. The van der Waals surface area contributed by atoms with E-state index in [9.17, 15) is 4.79 Å². The lowest BCUT2D eigenvalue weighted by atomic mass is 9.82. The highest BCUT2D eigenvalue weighted by atomic mass is 16.5. The maximum Gasteiger partial charge on any atom is 0.251 e. The van der Waals surface area contributed by atoms with Crippen LogP contribution in [0.5, 0.6) is 5.75 Å². The smallest absolute Gasteiger partial charge is 0.251 e. The molecule has 0 spiro atoms. The first-order chi connectivity index (χ1) is 11.5. The zero-order chi connectivity index (χ0) is 17.4. The fraction of sp³-hybridized carbons (Fsp3) is 0.667. The molecule has 1 aliphatic rings. The van der Waals surface area contributed by atoms with Gasteiger partial charge in [-0.25, -0.2) is 0 Å². The molecule has 3 heteroatoms. The first-order valence-electron chi connectivity index (χ1n) is 9.54. The molecule has 1 aromatic carbocycles. The average Bonchev–Trinajstić information content (AvgIpc) is 2.91. The van der Waals surface area contributed by atoms with E-state index in [0.29, 0.717) is 16.9 Å². The van der Waals surface area contributed by atoms with Gasteiger partial charge in [0.05, 0.1) is 6.61 Å². The number of carbonyl (C=O) groups excluding carboxylic acids is 1. The topological polar surface area (TPSA) is 38.3 Å². The Hall–Kier alpha value is -1.51. The molecule has 1 aliphatic carbocycles. The summed E-state index contributed by atoms with van der Waals surface area (Å²) in [5.74, 6) is 1.46. The first-order valence-corrected chi connectivity index (χ1v) is 9.54. The predicted octanol–water partition coefficient (Wildman–Crippen LogP) is 5.20. The van der Waals surface area contributed by atoms with Gasteiger partial charge in [-0.1, -0.05) is 46.5 Å². The molecule has 1 saturated carbocycles. The Morgan fingerprint density at radius 3 is 2.58 bits per heavy atom. The van der Waals surface area contributed by atoms with Crippen molar-refractivity contribution in [3.8, 4) is 5.75 Å². The van der Waals surface area contributed by atoms with Crippen molar-refractivity contribution in [2.24, 2.45) is 11.3 Å². The lowest BCUT2D eigenvalue weighted by molar-refractivity contribution is 0.0937. The molecule has 0 aliphatic heterocycles. The van der Waals surface area contributed by atoms with E-state index in [4.69, 9.17) is 4.74 Å². The molecule has 24 heavy (non-hydrogen) atoms. The predicted molar refractivity (Wildman–Crippen MR) is 99.5 cm³/mol. The molecule has 1 N–H and O–H groups in total.